The number of hydrogen-bond donors (Lipinski definition) is 0. The van der Waals surface area contributed by atoms with Crippen LogP contribution < -0.4 is 19.1 Å². The molecule has 0 spiro atoms. The third-order valence-electron chi connectivity index (χ3n) is 5.11. The maximum atomic E-state index is 12.7. The predicted octanol–water partition coefficient (Wildman–Crippen LogP) is 5.40. The number of amides is 1. The maximum Gasteiger partial charge on any atom is 0.243 e. The van der Waals surface area contributed by atoms with Gasteiger partial charge in [-0.2, -0.15) is 0 Å². The van der Waals surface area contributed by atoms with Crippen LogP contribution >= 0.6 is 0 Å². The number of anilines is 1. The molecule has 1 aromatic heterocycles. The molecule has 0 saturated heterocycles. The number of benzene rings is 2. The fraction of sp³-hybridized carbons (Fsp3) is 0.280. The number of carbonyl (C=O) groups excluding carboxylic acids is 1. The first-order valence-corrected chi connectivity index (χ1v) is 10.3. The number of halogens is 1. The van der Waals surface area contributed by atoms with E-state index in [9.17, 15) is 9.18 Å². The van der Waals surface area contributed by atoms with Gasteiger partial charge < -0.3 is 19.1 Å². The molecule has 2 aromatic carbocycles. The van der Waals surface area contributed by atoms with Crippen LogP contribution in [0.2, 0.25) is 0 Å². The first-order valence-electron chi connectivity index (χ1n) is 10.3. The minimum absolute atomic E-state index is 0.0761. The highest BCUT2D eigenvalue weighted by atomic mass is 18.2. The van der Waals surface area contributed by atoms with Crippen LogP contribution in [0.15, 0.2) is 54.7 Å². The fourth-order valence-corrected chi connectivity index (χ4v) is 3.24. The highest BCUT2D eigenvalue weighted by Crippen LogP contribution is 2.35. The van der Waals surface area contributed by atoms with Crippen molar-refractivity contribution in [1.29, 1.82) is 0 Å². The molecular formula is C25H27FN2O4. The van der Waals surface area contributed by atoms with Gasteiger partial charge in [-0.1, -0.05) is 12.1 Å². The van der Waals surface area contributed by atoms with Crippen LogP contribution in [-0.2, 0) is 11.3 Å². The molecule has 0 atom stereocenters. The Kier molecular flexibility index (Phi) is 7.65. The molecule has 0 bridgehead atoms. The maximum absolute atomic E-state index is 12.7. The lowest BCUT2D eigenvalue weighted by molar-refractivity contribution is -0.116. The number of hydrogen-bond acceptors (Lipinski definition) is 5. The largest absolute Gasteiger partial charge is 0.497 e. The monoisotopic (exact) mass is 437 g/mol. The summed E-state index contributed by atoms with van der Waals surface area (Å²) in [6.45, 7) is 4.93. The molecule has 0 fully saturated rings. The molecule has 1 heterocycles. The molecule has 0 aliphatic rings. The van der Waals surface area contributed by atoms with Gasteiger partial charge in [0.05, 0.1) is 13.7 Å². The van der Waals surface area contributed by atoms with Gasteiger partial charge in [0.2, 0.25) is 11.8 Å². The molecular weight excluding hydrogens is 410 g/mol. The zero-order valence-electron chi connectivity index (χ0n) is 18.7. The summed E-state index contributed by atoms with van der Waals surface area (Å²) in [7, 11) is 1.56. The summed E-state index contributed by atoms with van der Waals surface area (Å²) in [5, 5.41) is 0. The van der Waals surface area contributed by atoms with Gasteiger partial charge in [-0.3, -0.25) is 4.79 Å². The van der Waals surface area contributed by atoms with Crippen LogP contribution in [0, 0.1) is 13.8 Å². The van der Waals surface area contributed by atoms with Gasteiger partial charge in [-0.15, -0.1) is 0 Å². The Hall–Kier alpha value is -3.61. The molecule has 1 amide bonds. The van der Waals surface area contributed by atoms with Crippen LogP contribution in [0.3, 0.4) is 0 Å². The van der Waals surface area contributed by atoms with E-state index in [1.165, 1.54) is 6.92 Å². The SMILES string of the molecule is COc1ccc(OCC[18F])c(CN(C(C)=O)c2cccnc2Oc2cccc(C)c2C)c1. The summed E-state index contributed by atoms with van der Waals surface area (Å²) in [4.78, 5) is 18.6. The van der Waals surface area contributed by atoms with Crippen molar-refractivity contribution in [1.82, 2.24) is 4.98 Å². The van der Waals surface area contributed by atoms with E-state index >= 15 is 0 Å². The average molecular weight is 438 g/mol. The molecule has 6 nitrogen and oxygen atoms in total. The van der Waals surface area contributed by atoms with Crippen molar-refractivity contribution in [3.05, 3.63) is 71.4 Å². The Labute approximate surface area is 187 Å². The number of ether oxygens (including phenoxy) is 3. The Morgan fingerprint density at radius 2 is 1.91 bits per heavy atom. The van der Waals surface area contributed by atoms with Crippen LogP contribution in [0.5, 0.6) is 23.1 Å². The number of alkyl halides is 1. The summed E-state index contributed by atoms with van der Waals surface area (Å²) < 4.78 is 29.7. The highest BCUT2D eigenvalue weighted by molar-refractivity contribution is 5.92. The molecule has 3 rings (SSSR count). The lowest BCUT2D eigenvalue weighted by Gasteiger charge is -2.24. The quantitative estimate of drug-likeness (QED) is 0.449. The number of pyridine rings is 1. The van der Waals surface area contributed by atoms with Gasteiger partial charge in [-0.25, -0.2) is 9.37 Å². The van der Waals surface area contributed by atoms with E-state index in [1.54, 1.807) is 48.5 Å². The second-order valence-corrected chi connectivity index (χ2v) is 7.24. The molecule has 168 valence electrons. The Morgan fingerprint density at radius 3 is 2.62 bits per heavy atom. The first kappa shape index (κ1) is 23.1. The lowest BCUT2D eigenvalue weighted by atomic mass is 10.1. The normalized spacial score (nSPS) is 10.5. The van der Waals surface area contributed by atoms with Crippen LogP contribution in [0.4, 0.5) is 10.1 Å². The average Bonchev–Trinajstić information content (AvgIpc) is 2.79. The third-order valence-corrected chi connectivity index (χ3v) is 5.11. The first-order chi connectivity index (χ1) is 15.4. The third kappa shape index (κ3) is 5.35. The molecule has 3 aromatic rings. The van der Waals surface area contributed by atoms with Crippen molar-refractivity contribution in [2.75, 3.05) is 25.3 Å². The minimum atomic E-state index is -0.613. The summed E-state index contributed by atoms with van der Waals surface area (Å²) in [6.07, 6.45) is 1.61. The fourth-order valence-electron chi connectivity index (χ4n) is 3.24. The van der Waals surface area contributed by atoms with E-state index < -0.39 is 6.67 Å². The molecule has 0 aliphatic carbocycles. The van der Waals surface area contributed by atoms with Crippen molar-refractivity contribution >= 4 is 11.6 Å². The topological polar surface area (TPSA) is 60.9 Å². The van der Waals surface area contributed by atoms with Crippen LogP contribution in [-0.4, -0.2) is 31.3 Å². The molecule has 0 N–H and O–H groups in total. The van der Waals surface area contributed by atoms with Crippen molar-refractivity contribution in [2.24, 2.45) is 0 Å². The van der Waals surface area contributed by atoms with Gasteiger partial charge in [0.25, 0.3) is 0 Å². The minimum Gasteiger partial charge on any atom is -0.497 e. The standard InChI is InChI=1S/C25H27FN2O4/c1-17-7-5-9-23(18(17)2)32-25-22(8-6-13-27-25)28(19(3)29)16-20-15-21(30-4)10-11-24(20)31-14-12-26/h5-11,13,15H,12,14,16H2,1-4H3/i26-1. The summed E-state index contributed by atoms with van der Waals surface area (Å²) >= 11 is 0. The second kappa shape index (κ2) is 10.6. The van der Waals surface area contributed by atoms with E-state index in [-0.39, 0.29) is 19.1 Å². The van der Waals surface area contributed by atoms with E-state index in [0.29, 0.717) is 34.4 Å². The Morgan fingerprint density at radius 1 is 1.09 bits per heavy atom. The van der Waals surface area contributed by atoms with Gasteiger partial charge >= 0.3 is 0 Å². The van der Waals surface area contributed by atoms with Crippen molar-refractivity contribution < 1.29 is 23.4 Å². The van der Waals surface area contributed by atoms with Gasteiger partial charge in [-0.05, 0) is 61.4 Å². The molecule has 7 heteroatoms. The smallest absolute Gasteiger partial charge is 0.243 e. The van der Waals surface area contributed by atoms with Crippen molar-refractivity contribution in [2.45, 2.75) is 27.3 Å². The molecule has 0 saturated carbocycles. The number of rotatable bonds is 9. The Balaban J connectivity index is 1.99. The predicted molar refractivity (Wildman–Crippen MR) is 122 cm³/mol. The van der Waals surface area contributed by atoms with E-state index in [4.69, 9.17) is 14.2 Å². The van der Waals surface area contributed by atoms with Gasteiger partial charge in [0, 0.05) is 18.7 Å². The number of methoxy groups -OCH3 is 1. The molecule has 0 radical (unpaired) electrons. The summed E-state index contributed by atoms with van der Waals surface area (Å²) in [5.41, 5.74) is 3.28. The number of carbonyl (C=O) groups is 1. The Bertz CT molecular complexity index is 1090. The zero-order chi connectivity index (χ0) is 23.1. The van der Waals surface area contributed by atoms with Crippen molar-refractivity contribution in [3.63, 3.8) is 0 Å². The lowest BCUT2D eigenvalue weighted by Crippen LogP contribution is -2.28. The van der Waals surface area contributed by atoms with Gasteiger partial charge in [0.1, 0.15) is 36.2 Å². The zero-order valence-corrected chi connectivity index (χ0v) is 18.7. The highest BCUT2D eigenvalue weighted by Gasteiger charge is 2.21. The van der Waals surface area contributed by atoms with E-state index in [1.807, 2.05) is 32.0 Å². The van der Waals surface area contributed by atoms with Crippen LogP contribution in [0.1, 0.15) is 23.6 Å². The molecule has 0 aliphatic heterocycles. The van der Waals surface area contributed by atoms with E-state index in [0.717, 1.165) is 11.1 Å². The summed E-state index contributed by atoms with van der Waals surface area (Å²) in [6, 6.07) is 14.5. The molecule has 32 heavy (non-hydrogen) atoms. The van der Waals surface area contributed by atoms with E-state index in [2.05, 4.69) is 4.98 Å². The van der Waals surface area contributed by atoms with Crippen LogP contribution in [0.25, 0.3) is 0 Å². The summed E-state index contributed by atoms with van der Waals surface area (Å²) in [5.74, 6) is 1.86. The molecule has 0 unspecified atom stereocenters. The second-order valence-electron chi connectivity index (χ2n) is 7.24. The number of aromatic nitrogens is 1. The number of aryl methyl sites for hydroxylation is 1. The van der Waals surface area contributed by atoms with Crippen molar-refractivity contribution in [3.8, 4) is 23.1 Å². The van der Waals surface area contributed by atoms with Gasteiger partial charge in [0.15, 0.2) is 0 Å². The number of nitrogens with zero attached hydrogens (tertiary/aromatic N) is 2.